The number of nitrogens with one attached hydrogen (secondary N) is 1. The lowest BCUT2D eigenvalue weighted by molar-refractivity contribution is -0.385. The maximum absolute atomic E-state index is 14.1. The average molecular weight is 597 g/mol. The molecule has 0 saturated heterocycles. The number of nitro benzene ring substituents is 1. The first-order valence-corrected chi connectivity index (χ1v) is 14.9. The molecule has 0 aliphatic heterocycles. The van der Waals surface area contributed by atoms with E-state index in [-0.39, 0.29) is 28.7 Å². The van der Waals surface area contributed by atoms with Crippen molar-refractivity contribution < 1.29 is 27.7 Å². The number of carbonyl (C=O) groups excluding carboxylic acids is 2. The fourth-order valence-electron chi connectivity index (χ4n) is 4.53. The molecule has 0 aromatic heterocycles. The largest absolute Gasteiger partial charge is 0.497 e. The van der Waals surface area contributed by atoms with Gasteiger partial charge in [0.05, 0.1) is 22.6 Å². The van der Waals surface area contributed by atoms with Gasteiger partial charge in [-0.2, -0.15) is 0 Å². The summed E-state index contributed by atoms with van der Waals surface area (Å²) in [5.41, 5.74) is 1.80. The van der Waals surface area contributed by atoms with Crippen molar-refractivity contribution >= 4 is 33.2 Å². The normalized spacial score (nSPS) is 11.8. The highest BCUT2D eigenvalue weighted by atomic mass is 32.2. The predicted octanol–water partition coefficient (Wildman–Crippen LogP) is 4.36. The van der Waals surface area contributed by atoms with Crippen LogP contribution < -0.4 is 14.4 Å². The van der Waals surface area contributed by atoms with Gasteiger partial charge in [0, 0.05) is 24.7 Å². The Morgan fingerprint density at radius 1 is 1.00 bits per heavy atom. The van der Waals surface area contributed by atoms with Crippen LogP contribution in [0.3, 0.4) is 0 Å². The van der Waals surface area contributed by atoms with Crippen LogP contribution in [0.4, 0.5) is 11.4 Å². The number of amides is 2. The highest BCUT2D eigenvalue weighted by molar-refractivity contribution is 7.92. The summed E-state index contributed by atoms with van der Waals surface area (Å²) in [6, 6.07) is 16.3. The summed E-state index contributed by atoms with van der Waals surface area (Å²) in [5.74, 6) is -0.496. The highest BCUT2D eigenvalue weighted by Crippen LogP contribution is 2.29. The predicted molar refractivity (Wildman–Crippen MR) is 160 cm³/mol. The lowest BCUT2D eigenvalue weighted by Gasteiger charge is -2.33. The first kappa shape index (κ1) is 32.1. The maximum atomic E-state index is 14.1. The van der Waals surface area contributed by atoms with Crippen molar-refractivity contribution in [1.29, 1.82) is 0 Å². The number of rotatable bonds is 13. The molecule has 0 fully saturated rings. The van der Waals surface area contributed by atoms with Crippen molar-refractivity contribution in [3.8, 4) is 5.75 Å². The zero-order valence-electron chi connectivity index (χ0n) is 24.4. The third-order valence-electron chi connectivity index (χ3n) is 6.94. The van der Waals surface area contributed by atoms with E-state index in [1.807, 2.05) is 31.2 Å². The standard InChI is InChI=1S/C30H36N4O7S/c1-6-27(30(36)31-7-2)32(19-23-11-9-8-10-21(23)3)29(35)20-33(24-13-15-25(41-5)16-14-24)42(39,40)26-17-12-22(4)28(18-26)34(37)38/h8-18,27H,6-7,19-20H2,1-5H3,(H,31,36)/t27-/m1/s1. The summed E-state index contributed by atoms with van der Waals surface area (Å²) in [7, 11) is -3.01. The molecule has 0 radical (unpaired) electrons. The number of likely N-dealkylation sites (N-methyl/N-ethyl adjacent to an activating group) is 1. The molecular weight excluding hydrogens is 560 g/mol. The first-order valence-electron chi connectivity index (χ1n) is 13.5. The number of hydrogen-bond acceptors (Lipinski definition) is 7. The molecule has 0 saturated carbocycles. The summed E-state index contributed by atoms with van der Waals surface area (Å²) >= 11 is 0. The number of nitro groups is 1. The third kappa shape index (κ3) is 7.24. The Hall–Kier alpha value is -4.45. The number of methoxy groups -OCH3 is 1. The molecule has 12 heteroatoms. The van der Waals surface area contributed by atoms with Crippen LogP contribution in [0.15, 0.2) is 71.6 Å². The van der Waals surface area contributed by atoms with Crippen LogP contribution in [0.5, 0.6) is 5.75 Å². The van der Waals surface area contributed by atoms with Crippen LogP contribution in [0.25, 0.3) is 0 Å². The van der Waals surface area contributed by atoms with Crippen LogP contribution >= 0.6 is 0 Å². The van der Waals surface area contributed by atoms with Gasteiger partial charge in [0.25, 0.3) is 15.7 Å². The van der Waals surface area contributed by atoms with E-state index < -0.39 is 33.4 Å². The van der Waals surface area contributed by atoms with Gasteiger partial charge in [-0.1, -0.05) is 37.3 Å². The van der Waals surface area contributed by atoms with Gasteiger partial charge in [0.15, 0.2) is 0 Å². The van der Waals surface area contributed by atoms with Crippen molar-refractivity contribution in [2.75, 3.05) is 24.5 Å². The molecule has 0 heterocycles. The number of hydrogen-bond donors (Lipinski definition) is 1. The molecule has 0 bridgehead atoms. The molecule has 11 nitrogen and oxygen atoms in total. The molecule has 42 heavy (non-hydrogen) atoms. The van der Waals surface area contributed by atoms with E-state index >= 15 is 0 Å². The zero-order chi connectivity index (χ0) is 31.0. The van der Waals surface area contributed by atoms with Crippen molar-refractivity contribution in [3.63, 3.8) is 0 Å². The van der Waals surface area contributed by atoms with Crippen LogP contribution in [0.1, 0.15) is 37.0 Å². The number of nitrogens with zero attached hydrogens (tertiary/aromatic N) is 3. The SMILES string of the molecule is CCNC(=O)[C@@H](CC)N(Cc1ccccc1C)C(=O)CN(c1ccc(OC)cc1)S(=O)(=O)c1ccc(C)c([N+](=O)[O-])c1. The minimum Gasteiger partial charge on any atom is -0.497 e. The topological polar surface area (TPSA) is 139 Å². The Balaban J connectivity index is 2.13. The summed E-state index contributed by atoms with van der Waals surface area (Å²) in [4.78, 5) is 39.1. The zero-order valence-corrected chi connectivity index (χ0v) is 25.2. The van der Waals surface area contributed by atoms with Crippen LogP contribution in [-0.2, 0) is 26.2 Å². The second-order valence-corrected chi connectivity index (χ2v) is 11.5. The van der Waals surface area contributed by atoms with E-state index in [4.69, 9.17) is 4.74 Å². The minimum absolute atomic E-state index is 0.0770. The smallest absolute Gasteiger partial charge is 0.273 e. The third-order valence-corrected chi connectivity index (χ3v) is 8.71. The molecular formula is C30H36N4O7S. The number of benzene rings is 3. The molecule has 0 aliphatic rings. The maximum Gasteiger partial charge on any atom is 0.273 e. The Morgan fingerprint density at radius 3 is 2.24 bits per heavy atom. The van der Waals surface area contributed by atoms with Gasteiger partial charge in [-0.3, -0.25) is 24.0 Å². The van der Waals surface area contributed by atoms with Gasteiger partial charge >= 0.3 is 0 Å². The fraction of sp³-hybridized carbons (Fsp3) is 0.333. The fourth-order valence-corrected chi connectivity index (χ4v) is 5.97. The van der Waals surface area contributed by atoms with Gasteiger partial charge in [0.1, 0.15) is 18.3 Å². The highest BCUT2D eigenvalue weighted by Gasteiger charge is 2.34. The Labute approximate surface area is 246 Å². The van der Waals surface area contributed by atoms with E-state index in [9.17, 15) is 28.1 Å². The molecule has 1 atom stereocenters. The van der Waals surface area contributed by atoms with Gasteiger partial charge < -0.3 is 15.0 Å². The lowest BCUT2D eigenvalue weighted by atomic mass is 10.1. The van der Waals surface area contributed by atoms with E-state index in [1.54, 1.807) is 26.0 Å². The van der Waals surface area contributed by atoms with E-state index in [0.717, 1.165) is 21.5 Å². The first-order chi connectivity index (χ1) is 19.9. The molecule has 1 N–H and O–H groups in total. The van der Waals surface area contributed by atoms with Gasteiger partial charge in [-0.25, -0.2) is 8.42 Å². The average Bonchev–Trinajstić information content (AvgIpc) is 2.96. The number of sulfonamides is 1. The van der Waals surface area contributed by atoms with E-state index in [0.29, 0.717) is 24.3 Å². The summed E-state index contributed by atoms with van der Waals surface area (Å²) in [6.45, 7) is 6.74. The van der Waals surface area contributed by atoms with Gasteiger partial charge in [0.2, 0.25) is 11.8 Å². The van der Waals surface area contributed by atoms with Crippen molar-refractivity contribution in [1.82, 2.24) is 10.2 Å². The lowest BCUT2D eigenvalue weighted by Crippen LogP contribution is -2.52. The van der Waals surface area contributed by atoms with Crippen LogP contribution in [0, 0.1) is 24.0 Å². The monoisotopic (exact) mass is 596 g/mol. The Kier molecular flexibility index (Phi) is 10.6. The second kappa shape index (κ2) is 13.9. The van der Waals surface area contributed by atoms with Crippen LogP contribution in [0.2, 0.25) is 0 Å². The summed E-state index contributed by atoms with van der Waals surface area (Å²) < 4.78 is 34.2. The molecule has 3 aromatic rings. The quantitative estimate of drug-likeness (QED) is 0.228. The van der Waals surface area contributed by atoms with Gasteiger partial charge in [-0.15, -0.1) is 0 Å². The van der Waals surface area contributed by atoms with E-state index in [1.165, 1.54) is 43.2 Å². The van der Waals surface area contributed by atoms with Crippen molar-refractivity contribution in [2.45, 2.75) is 51.6 Å². The molecule has 224 valence electrons. The number of aryl methyl sites for hydroxylation is 2. The number of anilines is 1. The van der Waals surface area contributed by atoms with E-state index in [2.05, 4.69) is 5.32 Å². The molecule has 3 rings (SSSR count). The molecule has 2 amide bonds. The number of carbonyl (C=O) groups is 2. The van der Waals surface area contributed by atoms with Crippen LogP contribution in [-0.4, -0.2) is 56.3 Å². The van der Waals surface area contributed by atoms with Crippen molar-refractivity contribution in [2.24, 2.45) is 0 Å². The Morgan fingerprint density at radius 2 is 1.67 bits per heavy atom. The second-order valence-electron chi connectivity index (χ2n) is 9.68. The molecule has 3 aromatic carbocycles. The van der Waals surface area contributed by atoms with Crippen molar-refractivity contribution in [3.05, 3.63) is 93.5 Å². The van der Waals surface area contributed by atoms with Gasteiger partial charge in [-0.05, 0) is 68.7 Å². The summed E-state index contributed by atoms with van der Waals surface area (Å²) in [6.07, 6.45) is 0.295. The molecule has 0 unspecified atom stereocenters. The minimum atomic E-state index is -4.48. The molecule has 0 spiro atoms. The molecule has 0 aliphatic carbocycles. The Bertz CT molecular complexity index is 1540. The summed E-state index contributed by atoms with van der Waals surface area (Å²) in [5, 5.41) is 14.4. The number of ether oxygens (including phenoxy) is 1.